The maximum atomic E-state index is 13.4. The van der Waals surface area contributed by atoms with E-state index in [-0.39, 0.29) is 0 Å². The van der Waals surface area contributed by atoms with Gasteiger partial charge in [0.2, 0.25) is 0 Å². The second-order valence-corrected chi connectivity index (χ2v) is 3.96. The van der Waals surface area contributed by atoms with Gasteiger partial charge in [0.05, 0.1) is 12.1 Å². The van der Waals surface area contributed by atoms with Gasteiger partial charge in [-0.3, -0.25) is 5.32 Å². The molecule has 0 aromatic heterocycles. The lowest BCUT2D eigenvalue weighted by Gasteiger charge is -2.31. The molecule has 2 atom stereocenters. The van der Waals surface area contributed by atoms with E-state index < -0.39 is 23.9 Å². The Hall–Kier alpha value is -1.36. The first kappa shape index (κ1) is 12.1. The Morgan fingerprint density at radius 2 is 1.12 bits per heavy atom. The number of hydrogen-bond donors (Lipinski definition) is 1. The molecule has 17 heavy (non-hydrogen) atoms. The fraction of sp³-hybridized carbons (Fsp3) is 0.333. The molecule has 0 fully saturated rings. The lowest BCUT2D eigenvalue weighted by atomic mass is 9.99. The standard InChI is InChI=1S/C12H11F4N/c13-11(14)7-3-1-5-9(11)17-10-6-2-4-8-12(10,15)16/h1-10,17H. The Morgan fingerprint density at radius 1 is 0.706 bits per heavy atom. The fourth-order valence-electron chi connectivity index (χ4n) is 1.71. The van der Waals surface area contributed by atoms with Crippen molar-refractivity contribution in [1.82, 2.24) is 5.32 Å². The predicted molar refractivity (Wildman–Crippen MR) is 57.2 cm³/mol. The molecule has 0 aliphatic heterocycles. The van der Waals surface area contributed by atoms with Crippen molar-refractivity contribution in [2.75, 3.05) is 0 Å². The van der Waals surface area contributed by atoms with Gasteiger partial charge in [0.25, 0.3) is 11.8 Å². The van der Waals surface area contributed by atoms with Crippen LogP contribution < -0.4 is 5.32 Å². The predicted octanol–water partition coefficient (Wildman–Crippen LogP) is 2.84. The highest BCUT2D eigenvalue weighted by Gasteiger charge is 2.43. The largest absolute Gasteiger partial charge is 0.293 e. The first-order chi connectivity index (χ1) is 7.92. The van der Waals surface area contributed by atoms with Gasteiger partial charge in [-0.1, -0.05) is 36.5 Å². The average molecular weight is 245 g/mol. The van der Waals surface area contributed by atoms with Crippen molar-refractivity contribution in [1.29, 1.82) is 0 Å². The summed E-state index contributed by atoms with van der Waals surface area (Å²) in [7, 11) is 0. The van der Waals surface area contributed by atoms with Crippen molar-refractivity contribution in [3.8, 4) is 0 Å². The molecule has 92 valence electrons. The quantitative estimate of drug-likeness (QED) is 0.738. The SMILES string of the molecule is FC1(F)C=CC=CC1NC1C=CC=CC1(F)F. The molecule has 0 heterocycles. The van der Waals surface area contributed by atoms with Crippen molar-refractivity contribution in [3.05, 3.63) is 48.6 Å². The minimum atomic E-state index is -3.15. The zero-order chi connectivity index (χ0) is 12.5. The molecule has 0 spiro atoms. The van der Waals surface area contributed by atoms with Gasteiger partial charge in [-0.05, 0) is 12.2 Å². The molecule has 0 aromatic rings. The van der Waals surface area contributed by atoms with E-state index in [1.54, 1.807) is 0 Å². The molecule has 0 saturated heterocycles. The smallest absolute Gasteiger partial charge is 0.285 e. The summed E-state index contributed by atoms with van der Waals surface area (Å²) in [6.45, 7) is 0. The van der Waals surface area contributed by atoms with Crippen LogP contribution in [0.25, 0.3) is 0 Å². The van der Waals surface area contributed by atoms with Crippen molar-refractivity contribution in [2.45, 2.75) is 23.9 Å². The Bertz CT molecular complexity index is 369. The second kappa shape index (κ2) is 4.14. The molecule has 2 rings (SSSR count). The number of allylic oxidation sites excluding steroid dienone is 4. The lowest BCUT2D eigenvalue weighted by molar-refractivity contribution is -0.00943. The van der Waals surface area contributed by atoms with Gasteiger partial charge in [0.1, 0.15) is 0 Å². The van der Waals surface area contributed by atoms with Crippen LogP contribution in [0.15, 0.2) is 48.6 Å². The van der Waals surface area contributed by atoms with E-state index in [1.807, 2.05) is 0 Å². The highest BCUT2D eigenvalue weighted by atomic mass is 19.3. The molecule has 1 N–H and O–H groups in total. The van der Waals surface area contributed by atoms with Crippen LogP contribution in [-0.2, 0) is 0 Å². The monoisotopic (exact) mass is 245 g/mol. The van der Waals surface area contributed by atoms with Crippen LogP contribution in [0.2, 0.25) is 0 Å². The molecule has 2 unspecified atom stereocenters. The normalized spacial score (nSPS) is 32.9. The number of nitrogens with one attached hydrogen (secondary N) is 1. The summed E-state index contributed by atoms with van der Waals surface area (Å²) in [5, 5.41) is 2.26. The van der Waals surface area contributed by atoms with Crippen LogP contribution in [0.5, 0.6) is 0 Å². The molecule has 0 bridgehead atoms. The molecule has 0 saturated carbocycles. The number of halogens is 4. The molecular weight excluding hydrogens is 234 g/mol. The maximum absolute atomic E-state index is 13.4. The molecule has 5 heteroatoms. The van der Waals surface area contributed by atoms with Crippen LogP contribution in [0.4, 0.5) is 17.6 Å². The number of alkyl halides is 4. The van der Waals surface area contributed by atoms with E-state index in [0.29, 0.717) is 12.2 Å². The van der Waals surface area contributed by atoms with E-state index in [2.05, 4.69) is 5.32 Å². The molecule has 0 amide bonds. The summed E-state index contributed by atoms with van der Waals surface area (Å²) in [5.74, 6) is -6.31. The van der Waals surface area contributed by atoms with Crippen LogP contribution in [0.1, 0.15) is 0 Å². The van der Waals surface area contributed by atoms with Gasteiger partial charge in [-0.15, -0.1) is 0 Å². The Kier molecular flexibility index (Phi) is 2.95. The molecule has 2 aliphatic carbocycles. The molecule has 0 aromatic carbocycles. The minimum absolute atomic E-state index is 0.700. The van der Waals surface area contributed by atoms with Gasteiger partial charge >= 0.3 is 0 Å². The van der Waals surface area contributed by atoms with E-state index in [1.165, 1.54) is 36.5 Å². The van der Waals surface area contributed by atoms with Crippen LogP contribution in [-0.4, -0.2) is 23.9 Å². The third-order valence-electron chi connectivity index (χ3n) is 2.65. The van der Waals surface area contributed by atoms with Gasteiger partial charge in [-0.25, -0.2) is 0 Å². The van der Waals surface area contributed by atoms with Gasteiger partial charge < -0.3 is 0 Å². The highest BCUT2D eigenvalue weighted by molar-refractivity contribution is 5.26. The molecule has 1 nitrogen and oxygen atoms in total. The van der Waals surface area contributed by atoms with Gasteiger partial charge in [-0.2, -0.15) is 17.6 Å². The Balaban J connectivity index is 2.11. The lowest BCUT2D eigenvalue weighted by Crippen LogP contribution is -2.53. The zero-order valence-electron chi connectivity index (χ0n) is 8.79. The maximum Gasteiger partial charge on any atom is 0.285 e. The summed E-state index contributed by atoms with van der Waals surface area (Å²) in [6, 6.07) is -2.83. The van der Waals surface area contributed by atoms with E-state index in [0.717, 1.165) is 0 Å². The van der Waals surface area contributed by atoms with Crippen molar-refractivity contribution in [3.63, 3.8) is 0 Å². The number of rotatable bonds is 2. The molecule has 0 radical (unpaired) electrons. The zero-order valence-corrected chi connectivity index (χ0v) is 8.79. The second-order valence-electron chi connectivity index (χ2n) is 3.96. The third kappa shape index (κ3) is 2.49. The van der Waals surface area contributed by atoms with Crippen molar-refractivity contribution in [2.24, 2.45) is 0 Å². The molecular formula is C12H11F4N. The first-order valence-electron chi connectivity index (χ1n) is 5.15. The Labute approximate surface area is 96.2 Å². The number of hydrogen-bond acceptors (Lipinski definition) is 1. The van der Waals surface area contributed by atoms with E-state index >= 15 is 0 Å². The summed E-state index contributed by atoms with van der Waals surface area (Å²) in [5.41, 5.74) is 0. The Morgan fingerprint density at radius 3 is 1.47 bits per heavy atom. The summed E-state index contributed by atoms with van der Waals surface area (Å²) in [6.07, 6.45) is 8.99. The topological polar surface area (TPSA) is 12.0 Å². The summed E-state index contributed by atoms with van der Waals surface area (Å²) >= 11 is 0. The highest BCUT2D eigenvalue weighted by Crippen LogP contribution is 2.29. The van der Waals surface area contributed by atoms with E-state index in [4.69, 9.17) is 0 Å². The molecule has 2 aliphatic rings. The first-order valence-corrected chi connectivity index (χ1v) is 5.15. The van der Waals surface area contributed by atoms with Crippen LogP contribution >= 0.6 is 0 Å². The van der Waals surface area contributed by atoms with Gasteiger partial charge in [0.15, 0.2) is 0 Å². The van der Waals surface area contributed by atoms with Crippen LogP contribution in [0, 0.1) is 0 Å². The van der Waals surface area contributed by atoms with Crippen molar-refractivity contribution < 1.29 is 17.6 Å². The third-order valence-corrected chi connectivity index (χ3v) is 2.65. The van der Waals surface area contributed by atoms with Crippen molar-refractivity contribution >= 4 is 0 Å². The van der Waals surface area contributed by atoms with Crippen LogP contribution in [0.3, 0.4) is 0 Å². The fourth-order valence-corrected chi connectivity index (χ4v) is 1.71. The van der Waals surface area contributed by atoms with E-state index in [9.17, 15) is 17.6 Å². The minimum Gasteiger partial charge on any atom is -0.293 e. The average Bonchev–Trinajstić information content (AvgIpc) is 2.23. The summed E-state index contributed by atoms with van der Waals surface area (Å²) < 4.78 is 53.6. The summed E-state index contributed by atoms with van der Waals surface area (Å²) in [4.78, 5) is 0. The van der Waals surface area contributed by atoms with Gasteiger partial charge in [0, 0.05) is 0 Å².